The van der Waals surface area contributed by atoms with Crippen molar-refractivity contribution in [3.05, 3.63) is 65.4 Å². The van der Waals surface area contributed by atoms with Crippen LogP contribution in [0.2, 0.25) is 0 Å². The zero-order valence-corrected chi connectivity index (χ0v) is 17.4. The molecule has 1 aliphatic heterocycles. The number of aryl methyl sites for hydroxylation is 1. The average Bonchev–Trinajstić information content (AvgIpc) is 3.33. The molecule has 1 fully saturated rings. The number of nitrogens with zero attached hydrogens (tertiary/aromatic N) is 4. The van der Waals surface area contributed by atoms with E-state index in [0.717, 1.165) is 23.5 Å². The monoisotopic (exact) mass is 407 g/mol. The van der Waals surface area contributed by atoms with Crippen molar-refractivity contribution < 1.29 is 9.13 Å². The molecule has 7 heteroatoms. The van der Waals surface area contributed by atoms with Crippen molar-refractivity contribution in [2.45, 2.75) is 39.2 Å². The lowest BCUT2D eigenvalue weighted by atomic mass is 10.0. The van der Waals surface area contributed by atoms with Crippen LogP contribution in [0.4, 0.5) is 4.39 Å². The van der Waals surface area contributed by atoms with Crippen LogP contribution >= 0.6 is 0 Å². The molecule has 1 aliphatic carbocycles. The minimum absolute atomic E-state index is 0.358. The molecule has 30 heavy (non-hydrogen) atoms. The summed E-state index contributed by atoms with van der Waals surface area (Å²) >= 11 is 0. The molecule has 2 aromatic rings. The van der Waals surface area contributed by atoms with Crippen LogP contribution in [0.15, 0.2) is 42.6 Å². The van der Waals surface area contributed by atoms with Crippen molar-refractivity contribution in [2.24, 2.45) is 5.92 Å². The van der Waals surface area contributed by atoms with Crippen LogP contribution in [0.25, 0.3) is 11.4 Å². The highest BCUT2D eigenvalue weighted by Gasteiger charge is 2.30. The third-order valence-electron chi connectivity index (χ3n) is 5.36. The Kier molecular flexibility index (Phi) is 5.60. The second-order valence-electron chi connectivity index (χ2n) is 7.87. The summed E-state index contributed by atoms with van der Waals surface area (Å²) in [5.41, 5.74) is 7.29. The van der Waals surface area contributed by atoms with E-state index in [4.69, 9.17) is 4.74 Å². The molecule has 4 rings (SSSR count). The highest BCUT2D eigenvalue weighted by Crippen LogP contribution is 2.31. The molecule has 2 aliphatic rings. The lowest BCUT2D eigenvalue weighted by molar-refractivity contribution is 0.279. The fourth-order valence-electron chi connectivity index (χ4n) is 3.77. The Hall–Kier alpha value is -3.11. The number of hydrogen-bond donors (Lipinski definition) is 1. The van der Waals surface area contributed by atoms with Crippen LogP contribution in [-0.4, -0.2) is 34.0 Å². The number of halogens is 1. The predicted molar refractivity (Wildman–Crippen MR) is 113 cm³/mol. The molecule has 1 aromatic carbocycles. The van der Waals surface area contributed by atoms with Crippen LogP contribution in [0.5, 0.6) is 0 Å². The minimum atomic E-state index is -0.363. The summed E-state index contributed by atoms with van der Waals surface area (Å²) in [5.74, 6) is 0.757. The minimum Gasteiger partial charge on any atom is -0.494 e. The molecule has 1 N–H and O–H groups in total. The van der Waals surface area contributed by atoms with E-state index in [1.54, 1.807) is 10.7 Å². The maximum absolute atomic E-state index is 14.0. The van der Waals surface area contributed by atoms with Crippen LogP contribution in [-0.2, 0) is 11.2 Å². The zero-order valence-electron chi connectivity index (χ0n) is 17.4. The summed E-state index contributed by atoms with van der Waals surface area (Å²) in [7, 11) is 0. The number of hydrogen-bond acceptors (Lipinski definition) is 5. The Labute approximate surface area is 176 Å². The smallest absolute Gasteiger partial charge is 0.136 e. The molecule has 0 saturated heterocycles. The Morgan fingerprint density at radius 1 is 1.40 bits per heavy atom. The molecular weight excluding hydrogens is 381 g/mol. The van der Waals surface area contributed by atoms with E-state index in [2.05, 4.69) is 23.2 Å². The molecule has 1 atom stereocenters. The maximum Gasteiger partial charge on any atom is 0.136 e. The van der Waals surface area contributed by atoms with Gasteiger partial charge in [-0.15, -0.1) is 0 Å². The normalized spacial score (nSPS) is 18.3. The first-order chi connectivity index (χ1) is 14.5. The Morgan fingerprint density at radius 3 is 2.90 bits per heavy atom. The first-order valence-electron chi connectivity index (χ1n) is 10.3. The summed E-state index contributed by atoms with van der Waals surface area (Å²) in [5, 5.41) is 16.3. The van der Waals surface area contributed by atoms with Crippen molar-refractivity contribution in [1.29, 1.82) is 5.26 Å². The van der Waals surface area contributed by atoms with Gasteiger partial charge in [0.25, 0.3) is 0 Å². The second-order valence-corrected chi connectivity index (χ2v) is 7.87. The number of nitrogens with one attached hydrogen (secondary N) is 1. The number of hydrazine groups is 1. The van der Waals surface area contributed by atoms with Gasteiger partial charge in [0.2, 0.25) is 0 Å². The van der Waals surface area contributed by atoms with Gasteiger partial charge in [0, 0.05) is 30.4 Å². The van der Waals surface area contributed by atoms with E-state index in [1.807, 2.05) is 31.1 Å². The first kappa shape index (κ1) is 20.2. The van der Waals surface area contributed by atoms with Crippen LogP contribution in [0, 0.1) is 30.0 Å². The predicted octanol–water partition coefficient (Wildman–Crippen LogP) is 3.88. The molecule has 1 saturated carbocycles. The second kappa shape index (κ2) is 8.33. The average molecular weight is 407 g/mol. The van der Waals surface area contributed by atoms with Crippen LogP contribution < -0.4 is 5.43 Å². The number of ether oxygens (including phenoxy) is 1. The molecule has 6 nitrogen and oxygen atoms in total. The summed E-state index contributed by atoms with van der Waals surface area (Å²) in [6, 6.07) is 8.49. The van der Waals surface area contributed by atoms with Gasteiger partial charge in [-0.25, -0.2) is 14.5 Å². The van der Waals surface area contributed by atoms with Gasteiger partial charge in [-0.3, -0.25) is 0 Å². The summed E-state index contributed by atoms with van der Waals surface area (Å²) < 4.78 is 21.3. The largest absolute Gasteiger partial charge is 0.494 e. The summed E-state index contributed by atoms with van der Waals surface area (Å²) in [4.78, 5) is 0. The number of benzene rings is 1. The molecule has 0 radical (unpaired) electrons. The van der Waals surface area contributed by atoms with E-state index in [-0.39, 0.29) is 11.9 Å². The van der Waals surface area contributed by atoms with Gasteiger partial charge in [0.05, 0.1) is 24.1 Å². The van der Waals surface area contributed by atoms with Crippen LogP contribution in [0.1, 0.15) is 36.7 Å². The molecule has 0 amide bonds. The Morgan fingerprint density at radius 2 is 2.20 bits per heavy atom. The maximum atomic E-state index is 14.0. The highest BCUT2D eigenvalue weighted by atomic mass is 19.1. The third-order valence-corrected chi connectivity index (χ3v) is 5.36. The van der Waals surface area contributed by atoms with Crippen molar-refractivity contribution in [1.82, 2.24) is 20.2 Å². The lowest BCUT2D eigenvalue weighted by Crippen LogP contribution is -2.36. The zero-order chi connectivity index (χ0) is 21.3. The van der Waals surface area contributed by atoms with E-state index in [0.29, 0.717) is 36.0 Å². The van der Waals surface area contributed by atoms with Crippen molar-refractivity contribution in [3.63, 3.8) is 0 Å². The number of rotatable bonds is 8. The Bertz CT molecular complexity index is 1030. The molecule has 0 spiro atoms. The lowest BCUT2D eigenvalue weighted by Gasteiger charge is -2.16. The molecule has 156 valence electrons. The van der Waals surface area contributed by atoms with Gasteiger partial charge >= 0.3 is 0 Å². The molecular formula is C23H26FN5O. The van der Waals surface area contributed by atoms with Gasteiger partial charge in [-0.1, -0.05) is 6.58 Å². The van der Waals surface area contributed by atoms with Gasteiger partial charge in [-0.05, 0) is 62.4 Å². The summed E-state index contributed by atoms with van der Waals surface area (Å²) in [6.07, 6.45) is 5.11. The fraction of sp³-hybridized carbons (Fsp3) is 0.391. The third kappa shape index (κ3) is 4.24. The van der Waals surface area contributed by atoms with Gasteiger partial charge in [0.15, 0.2) is 0 Å². The highest BCUT2D eigenvalue weighted by molar-refractivity contribution is 5.66. The van der Waals surface area contributed by atoms with Crippen LogP contribution in [0.3, 0.4) is 0 Å². The quantitative estimate of drug-likeness (QED) is 0.673. The van der Waals surface area contributed by atoms with E-state index in [1.165, 1.54) is 25.0 Å². The van der Waals surface area contributed by atoms with E-state index < -0.39 is 0 Å². The van der Waals surface area contributed by atoms with E-state index in [9.17, 15) is 9.65 Å². The van der Waals surface area contributed by atoms with E-state index >= 15 is 0 Å². The topological polar surface area (TPSA) is 66.1 Å². The molecule has 1 unspecified atom stereocenters. The summed E-state index contributed by atoms with van der Waals surface area (Å²) in [6.45, 7) is 9.10. The number of aromatic nitrogens is 2. The molecule has 0 bridgehead atoms. The van der Waals surface area contributed by atoms with Gasteiger partial charge in [-0.2, -0.15) is 10.4 Å². The fourth-order valence-corrected chi connectivity index (χ4v) is 3.77. The van der Waals surface area contributed by atoms with Crippen molar-refractivity contribution in [2.75, 3.05) is 13.2 Å². The standard InChI is InChI=1S/C23H26FN5O/c1-4-30-16(3)21-11-19(24)7-8-23(21)29-20(9-15(2)26-29)10-18-14-28(13-17-5-6-17)27-22(18)12-25/h7-9,11,14,17,22,27H,3-6,10,13H2,1-2H3. The SMILES string of the molecule is C=C(OCC)c1cc(F)ccc1-n1nc(C)cc1CC1=CN(CC2CC2)NC1C#N. The van der Waals surface area contributed by atoms with Gasteiger partial charge in [0.1, 0.15) is 17.6 Å². The van der Waals surface area contributed by atoms with Crippen molar-refractivity contribution in [3.8, 4) is 11.8 Å². The van der Waals surface area contributed by atoms with Gasteiger partial charge < -0.3 is 9.75 Å². The molecule has 1 aromatic heterocycles. The Balaban J connectivity index is 1.67. The van der Waals surface area contributed by atoms with Crippen molar-refractivity contribution >= 4 is 5.76 Å². The first-order valence-corrected chi connectivity index (χ1v) is 10.3. The molecule has 2 heterocycles. The number of nitriles is 1.